The first-order valence-corrected chi connectivity index (χ1v) is 6.42. The zero-order valence-corrected chi connectivity index (χ0v) is 11.2. The number of phenols is 1. The molecule has 0 aromatic heterocycles. The summed E-state index contributed by atoms with van der Waals surface area (Å²) >= 11 is 0. The van der Waals surface area contributed by atoms with Crippen LogP contribution < -0.4 is 5.32 Å². The average Bonchev–Trinajstić information content (AvgIpc) is 2.46. The van der Waals surface area contributed by atoms with Crippen molar-refractivity contribution in [3.8, 4) is 5.75 Å². The molecule has 0 atom stereocenters. The highest BCUT2D eigenvalue weighted by molar-refractivity contribution is 5.96. The summed E-state index contributed by atoms with van der Waals surface area (Å²) in [4.78, 5) is 22.8. The molecule has 5 nitrogen and oxygen atoms in total. The zero-order valence-electron chi connectivity index (χ0n) is 11.2. The second kappa shape index (κ2) is 6.56. The molecular weight excluding hydrogens is 270 g/mol. The molecule has 21 heavy (non-hydrogen) atoms. The fraction of sp³-hybridized carbons (Fsp3) is 0.125. The number of para-hydroxylation sites is 1. The maximum Gasteiger partial charge on any atom is 0.307 e. The van der Waals surface area contributed by atoms with Crippen LogP contribution in [0.1, 0.15) is 21.5 Å². The van der Waals surface area contributed by atoms with Crippen LogP contribution in [0, 0.1) is 0 Å². The summed E-state index contributed by atoms with van der Waals surface area (Å²) in [6.45, 7) is 0.205. The number of hydrogen-bond acceptors (Lipinski definition) is 3. The molecule has 0 fully saturated rings. The van der Waals surface area contributed by atoms with Crippen LogP contribution in [-0.2, 0) is 17.8 Å². The molecule has 108 valence electrons. The van der Waals surface area contributed by atoms with Gasteiger partial charge in [0.05, 0.1) is 12.0 Å². The second-order valence-corrected chi connectivity index (χ2v) is 4.54. The Balaban J connectivity index is 2.08. The average molecular weight is 285 g/mol. The predicted octanol–water partition coefficient (Wildman–Crippen LogP) is 1.95. The van der Waals surface area contributed by atoms with Gasteiger partial charge < -0.3 is 15.5 Å². The number of benzene rings is 2. The number of phenolic OH excluding ortho intramolecular Hbond substituents is 1. The zero-order chi connectivity index (χ0) is 15.2. The Hall–Kier alpha value is -2.82. The van der Waals surface area contributed by atoms with Gasteiger partial charge >= 0.3 is 5.97 Å². The molecule has 0 radical (unpaired) electrons. The Morgan fingerprint density at radius 3 is 2.24 bits per heavy atom. The smallest absolute Gasteiger partial charge is 0.307 e. The number of aliphatic carboxylic acids is 1. The first-order chi connectivity index (χ1) is 10.1. The second-order valence-electron chi connectivity index (χ2n) is 4.54. The van der Waals surface area contributed by atoms with Crippen LogP contribution in [0.15, 0.2) is 48.5 Å². The number of rotatable bonds is 5. The van der Waals surface area contributed by atoms with Gasteiger partial charge in [-0.25, -0.2) is 0 Å². The summed E-state index contributed by atoms with van der Waals surface area (Å²) in [5.41, 5.74) is 1.58. The van der Waals surface area contributed by atoms with Crippen molar-refractivity contribution in [2.45, 2.75) is 13.0 Å². The molecule has 2 aromatic carbocycles. The Morgan fingerprint density at radius 1 is 0.952 bits per heavy atom. The van der Waals surface area contributed by atoms with Crippen molar-refractivity contribution in [2.75, 3.05) is 0 Å². The Labute approximate surface area is 121 Å². The van der Waals surface area contributed by atoms with Crippen LogP contribution >= 0.6 is 0 Å². The molecule has 0 aliphatic heterocycles. The lowest BCUT2D eigenvalue weighted by Crippen LogP contribution is -2.23. The molecule has 2 rings (SSSR count). The van der Waals surface area contributed by atoms with E-state index in [1.165, 1.54) is 12.1 Å². The Bertz CT molecular complexity index is 667. The highest BCUT2D eigenvalue weighted by Gasteiger charge is 2.11. The van der Waals surface area contributed by atoms with E-state index in [1.54, 1.807) is 36.4 Å². The molecule has 0 spiro atoms. The molecule has 0 aliphatic rings. The van der Waals surface area contributed by atoms with Crippen LogP contribution in [-0.4, -0.2) is 22.1 Å². The lowest BCUT2D eigenvalue weighted by molar-refractivity contribution is -0.136. The summed E-state index contributed by atoms with van der Waals surface area (Å²) < 4.78 is 0. The van der Waals surface area contributed by atoms with Crippen LogP contribution in [0.5, 0.6) is 5.75 Å². The van der Waals surface area contributed by atoms with Gasteiger partial charge in [0.15, 0.2) is 0 Å². The first kappa shape index (κ1) is 14.6. The van der Waals surface area contributed by atoms with Gasteiger partial charge in [-0.05, 0) is 23.3 Å². The SMILES string of the molecule is O=C(O)Cc1ccccc1CNC(=O)c1ccccc1O. The highest BCUT2D eigenvalue weighted by atomic mass is 16.4. The van der Waals surface area contributed by atoms with Crippen molar-refractivity contribution >= 4 is 11.9 Å². The van der Waals surface area contributed by atoms with Gasteiger partial charge in [0.1, 0.15) is 5.75 Å². The van der Waals surface area contributed by atoms with Crippen LogP contribution in [0.3, 0.4) is 0 Å². The van der Waals surface area contributed by atoms with Gasteiger partial charge in [0, 0.05) is 6.54 Å². The number of carbonyl (C=O) groups is 2. The van der Waals surface area contributed by atoms with Gasteiger partial charge in [-0.2, -0.15) is 0 Å². The molecule has 0 saturated carbocycles. The number of hydrogen-bond donors (Lipinski definition) is 3. The Morgan fingerprint density at radius 2 is 1.57 bits per heavy atom. The minimum Gasteiger partial charge on any atom is -0.507 e. The lowest BCUT2D eigenvalue weighted by Gasteiger charge is -2.10. The largest absolute Gasteiger partial charge is 0.507 e. The molecule has 3 N–H and O–H groups in total. The molecular formula is C16H15NO4. The van der Waals surface area contributed by atoms with Gasteiger partial charge in [0.25, 0.3) is 5.91 Å². The van der Waals surface area contributed by atoms with Crippen LogP contribution in [0.2, 0.25) is 0 Å². The van der Waals surface area contributed by atoms with Gasteiger partial charge in [0.2, 0.25) is 0 Å². The lowest BCUT2D eigenvalue weighted by atomic mass is 10.0. The minimum atomic E-state index is -0.922. The molecule has 0 bridgehead atoms. The highest BCUT2D eigenvalue weighted by Crippen LogP contribution is 2.16. The molecule has 0 unspecified atom stereocenters. The van der Waals surface area contributed by atoms with E-state index in [2.05, 4.69) is 5.32 Å². The van der Waals surface area contributed by atoms with E-state index in [-0.39, 0.29) is 24.3 Å². The predicted molar refractivity (Wildman–Crippen MR) is 77.1 cm³/mol. The van der Waals surface area contributed by atoms with Crippen molar-refractivity contribution in [3.05, 3.63) is 65.2 Å². The molecule has 0 saturated heterocycles. The van der Waals surface area contributed by atoms with E-state index in [0.717, 1.165) is 5.56 Å². The topological polar surface area (TPSA) is 86.6 Å². The van der Waals surface area contributed by atoms with Gasteiger partial charge in [-0.15, -0.1) is 0 Å². The summed E-state index contributed by atoms with van der Waals surface area (Å²) in [6, 6.07) is 13.3. The van der Waals surface area contributed by atoms with Crippen LogP contribution in [0.4, 0.5) is 0 Å². The van der Waals surface area contributed by atoms with Crippen molar-refractivity contribution < 1.29 is 19.8 Å². The maximum absolute atomic E-state index is 12.0. The first-order valence-electron chi connectivity index (χ1n) is 6.42. The summed E-state index contributed by atoms with van der Waals surface area (Å²) in [5, 5.41) is 21.2. The number of amides is 1. The van der Waals surface area contributed by atoms with E-state index in [0.29, 0.717) is 5.56 Å². The van der Waals surface area contributed by atoms with E-state index >= 15 is 0 Å². The van der Waals surface area contributed by atoms with E-state index in [1.807, 2.05) is 0 Å². The minimum absolute atomic E-state index is 0.0891. The summed E-state index contributed by atoms with van der Waals surface area (Å²) in [6.07, 6.45) is -0.0946. The van der Waals surface area contributed by atoms with Gasteiger partial charge in [-0.1, -0.05) is 36.4 Å². The number of aromatic hydroxyl groups is 1. The third-order valence-corrected chi connectivity index (χ3v) is 3.05. The fourth-order valence-corrected chi connectivity index (χ4v) is 2.00. The monoisotopic (exact) mass is 285 g/mol. The maximum atomic E-state index is 12.0. The molecule has 2 aromatic rings. The molecule has 0 heterocycles. The number of carboxylic acids is 1. The molecule has 1 amide bonds. The number of nitrogens with one attached hydrogen (secondary N) is 1. The Kier molecular flexibility index (Phi) is 4.56. The number of carboxylic acid groups (broad SMARTS) is 1. The van der Waals surface area contributed by atoms with E-state index in [9.17, 15) is 14.7 Å². The van der Waals surface area contributed by atoms with Crippen LogP contribution in [0.25, 0.3) is 0 Å². The number of carbonyl (C=O) groups excluding carboxylic acids is 1. The fourth-order valence-electron chi connectivity index (χ4n) is 2.00. The van der Waals surface area contributed by atoms with Crippen molar-refractivity contribution in [3.63, 3.8) is 0 Å². The normalized spacial score (nSPS) is 10.1. The molecule has 0 aliphatic carbocycles. The standard InChI is InChI=1S/C16H15NO4/c18-14-8-4-3-7-13(14)16(21)17-10-12-6-2-1-5-11(12)9-15(19)20/h1-8,18H,9-10H2,(H,17,21)(H,19,20). The third kappa shape index (κ3) is 3.82. The summed E-state index contributed by atoms with van der Waals surface area (Å²) in [5.74, 6) is -1.42. The quantitative estimate of drug-likeness (QED) is 0.783. The van der Waals surface area contributed by atoms with Crippen molar-refractivity contribution in [1.29, 1.82) is 0 Å². The van der Waals surface area contributed by atoms with E-state index < -0.39 is 11.9 Å². The summed E-state index contributed by atoms with van der Waals surface area (Å²) in [7, 11) is 0. The van der Waals surface area contributed by atoms with E-state index in [4.69, 9.17) is 5.11 Å². The van der Waals surface area contributed by atoms with Crippen molar-refractivity contribution in [1.82, 2.24) is 5.32 Å². The van der Waals surface area contributed by atoms with Crippen molar-refractivity contribution in [2.24, 2.45) is 0 Å². The van der Waals surface area contributed by atoms with Gasteiger partial charge in [-0.3, -0.25) is 9.59 Å². The molecule has 5 heteroatoms. The third-order valence-electron chi connectivity index (χ3n) is 3.05.